The zero-order chi connectivity index (χ0) is 30.3. The second-order valence-corrected chi connectivity index (χ2v) is 10.1. The summed E-state index contributed by atoms with van der Waals surface area (Å²) in [5.74, 6) is -2.63. The molecular weight excluding hydrogens is 586 g/mol. The molecular formula is C32H26ClN5O4S. The number of thiocarbonyl (C=S) groups is 1. The summed E-state index contributed by atoms with van der Waals surface area (Å²) in [7, 11) is 1.47. The summed E-state index contributed by atoms with van der Waals surface area (Å²) in [5, 5.41) is 4.43. The van der Waals surface area contributed by atoms with Crippen LogP contribution in [-0.2, 0) is 9.59 Å². The van der Waals surface area contributed by atoms with Crippen LogP contribution >= 0.6 is 23.8 Å². The van der Waals surface area contributed by atoms with Gasteiger partial charge in [0.05, 0.1) is 18.5 Å². The normalized spacial score (nSPS) is 15.1. The third-order valence-corrected chi connectivity index (χ3v) is 7.34. The van der Waals surface area contributed by atoms with Gasteiger partial charge in [0.1, 0.15) is 11.7 Å². The summed E-state index contributed by atoms with van der Waals surface area (Å²) in [5.41, 5.74) is 5.28. The van der Waals surface area contributed by atoms with Crippen LogP contribution in [0.25, 0.3) is 0 Å². The lowest BCUT2D eigenvalue weighted by Gasteiger charge is -2.39. The van der Waals surface area contributed by atoms with E-state index in [2.05, 4.69) is 15.7 Å². The van der Waals surface area contributed by atoms with Crippen molar-refractivity contribution in [3.8, 4) is 5.75 Å². The molecule has 0 aromatic heterocycles. The van der Waals surface area contributed by atoms with Crippen LogP contribution in [0.4, 0.5) is 17.1 Å². The highest BCUT2D eigenvalue weighted by Crippen LogP contribution is 2.32. The van der Waals surface area contributed by atoms with Crippen LogP contribution in [0, 0.1) is 5.92 Å². The SMILES string of the molecule is COc1ccccc1N1C(=O)C(CNc2ccccc2)C(=O)N(NC(=O)c2ccc(N=Cc3ccccc3Cl)cc2)C1=S. The number of hydrazine groups is 1. The number of aliphatic imine (C=N–C) groups is 1. The minimum Gasteiger partial charge on any atom is -0.495 e. The van der Waals surface area contributed by atoms with Crippen molar-refractivity contribution in [3.05, 3.63) is 119 Å². The van der Waals surface area contributed by atoms with Gasteiger partial charge in [0.15, 0.2) is 0 Å². The predicted octanol–water partition coefficient (Wildman–Crippen LogP) is 5.63. The van der Waals surface area contributed by atoms with E-state index in [-0.39, 0.29) is 17.2 Å². The molecule has 11 heteroatoms. The molecule has 4 aromatic rings. The van der Waals surface area contributed by atoms with Crippen LogP contribution in [0.1, 0.15) is 15.9 Å². The zero-order valence-electron chi connectivity index (χ0n) is 22.9. The molecule has 0 bridgehead atoms. The number of nitrogens with zero attached hydrogens (tertiary/aromatic N) is 3. The predicted molar refractivity (Wildman–Crippen MR) is 171 cm³/mol. The van der Waals surface area contributed by atoms with Gasteiger partial charge in [-0.3, -0.25) is 29.7 Å². The molecule has 4 aromatic carbocycles. The number of hydrogen-bond acceptors (Lipinski definition) is 7. The van der Waals surface area contributed by atoms with Crippen molar-refractivity contribution in [2.75, 3.05) is 23.9 Å². The highest BCUT2D eigenvalue weighted by Gasteiger charge is 2.46. The first kappa shape index (κ1) is 29.4. The van der Waals surface area contributed by atoms with E-state index in [9.17, 15) is 14.4 Å². The maximum absolute atomic E-state index is 13.7. The highest BCUT2D eigenvalue weighted by molar-refractivity contribution is 7.80. The van der Waals surface area contributed by atoms with Crippen LogP contribution in [0.5, 0.6) is 5.75 Å². The van der Waals surface area contributed by atoms with Crippen LogP contribution in [0.3, 0.4) is 0 Å². The number of amides is 3. The Morgan fingerprint density at radius 1 is 0.930 bits per heavy atom. The van der Waals surface area contributed by atoms with E-state index in [0.717, 1.165) is 16.3 Å². The molecule has 216 valence electrons. The number of methoxy groups -OCH3 is 1. The Hall–Kier alpha value is -5.06. The van der Waals surface area contributed by atoms with E-state index in [1.165, 1.54) is 12.0 Å². The van der Waals surface area contributed by atoms with Crippen LogP contribution < -0.4 is 20.4 Å². The lowest BCUT2D eigenvalue weighted by Crippen LogP contribution is -2.65. The molecule has 3 amide bonds. The van der Waals surface area contributed by atoms with Crippen molar-refractivity contribution < 1.29 is 19.1 Å². The van der Waals surface area contributed by atoms with E-state index >= 15 is 0 Å². The van der Waals surface area contributed by atoms with Gasteiger partial charge in [-0.15, -0.1) is 0 Å². The molecule has 2 N–H and O–H groups in total. The molecule has 0 radical (unpaired) electrons. The Balaban J connectivity index is 1.38. The van der Waals surface area contributed by atoms with Crippen LogP contribution in [0.2, 0.25) is 5.02 Å². The number of hydrogen-bond donors (Lipinski definition) is 2. The maximum atomic E-state index is 13.7. The number of rotatable bonds is 9. The van der Waals surface area contributed by atoms with Gasteiger partial charge in [-0.2, -0.15) is 5.01 Å². The minimum atomic E-state index is -1.20. The Morgan fingerprint density at radius 2 is 1.60 bits per heavy atom. The smallest absolute Gasteiger partial charge is 0.270 e. The number of halogens is 1. The molecule has 0 saturated carbocycles. The van der Waals surface area contributed by atoms with E-state index in [0.29, 0.717) is 22.1 Å². The molecule has 5 rings (SSSR count). The molecule has 1 fully saturated rings. The van der Waals surface area contributed by atoms with Gasteiger partial charge in [0.25, 0.3) is 11.8 Å². The Labute approximate surface area is 258 Å². The van der Waals surface area contributed by atoms with Crippen molar-refractivity contribution in [1.82, 2.24) is 10.4 Å². The third-order valence-electron chi connectivity index (χ3n) is 6.63. The average Bonchev–Trinajstić information content (AvgIpc) is 3.03. The number of ether oxygens (including phenoxy) is 1. The molecule has 1 saturated heterocycles. The molecule has 1 aliphatic rings. The summed E-state index contributed by atoms with van der Waals surface area (Å²) >= 11 is 11.8. The minimum absolute atomic E-state index is 0.0273. The summed E-state index contributed by atoms with van der Waals surface area (Å²) in [6.07, 6.45) is 1.63. The lowest BCUT2D eigenvalue weighted by atomic mass is 10.0. The maximum Gasteiger partial charge on any atom is 0.270 e. The van der Waals surface area contributed by atoms with E-state index < -0.39 is 23.6 Å². The van der Waals surface area contributed by atoms with Gasteiger partial charge in [-0.1, -0.05) is 60.1 Å². The van der Waals surface area contributed by atoms with E-state index in [1.54, 1.807) is 60.8 Å². The largest absolute Gasteiger partial charge is 0.495 e. The second-order valence-electron chi connectivity index (χ2n) is 9.37. The molecule has 0 spiro atoms. The van der Waals surface area contributed by atoms with Gasteiger partial charge in [0, 0.05) is 34.6 Å². The first-order chi connectivity index (χ1) is 20.9. The zero-order valence-corrected chi connectivity index (χ0v) is 24.5. The van der Waals surface area contributed by atoms with Gasteiger partial charge in [0.2, 0.25) is 11.0 Å². The van der Waals surface area contributed by atoms with Gasteiger partial charge in [-0.05, 0) is 66.8 Å². The number of nitrogens with one attached hydrogen (secondary N) is 2. The summed E-state index contributed by atoms with van der Waals surface area (Å²) in [6.45, 7) is -0.0273. The van der Waals surface area contributed by atoms with Gasteiger partial charge >= 0.3 is 0 Å². The standard InChI is InChI=1S/C32H26ClN5O4S/c1-42-28-14-8-7-13-27(28)37-30(40)25(20-35-23-10-3-2-4-11-23)31(41)38(32(37)43)36-29(39)21-15-17-24(18-16-21)34-19-22-9-5-6-12-26(22)33/h2-19,25,35H,20H2,1H3,(H,36,39). The monoisotopic (exact) mass is 611 g/mol. The van der Waals surface area contributed by atoms with E-state index in [4.69, 9.17) is 28.6 Å². The fourth-order valence-electron chi connectivity index (χ4n) is 4.38. The average molecular weight is 612 g/mol. The fraction of sp³-hybridized carbons (Fsp3) is 0.0938. The highest BCUT2D eigenvalue weighted by atomic mass is 35.5. The second kappa shape index (κ2) is 13.3. The number of para-hydroxylation sites is 3. The molecule has 1 atom stereocenters. The molecule has 43 heavy (non-hydrogen) atoms. The number of anilines is 2. The summed E-state index contributed by atoms with van der Waals surface area (Å²) in [6, 6.07) is 29.8. The quantitative estimate of drug-likeness (QED) is 0.144. The number of benzene rings is 4. The summed E-state index contributed by atoms with van der Waals surface area (Å²) < 4.78 is 5.46. The van der Waals surface area contributed by atoms with Gasteiger partial charge < -0.3 is 10.1 Å². The Bertz CT molecular complexity index is 1700. The van der Waals surface area contributed by atoms with Crippen molar-refractivity contribution in [2.45, 2.75) is 0 Å². The molecule has 0 aliphatic carbocycles. The Kier molecular flexibility index (Phi) is 9.09. The van der Waals surface area contributed by atoms with Crippen molar-refractivity contribution in [1.29, 1.82) is 0 Å². The molecule has 1 heterocycles. The molecule has 1 aliphatic heterocycles. The number of carbonyl (C=O) groups excluding carboxylic acids is 3. The molecule has 9 nitrogen and oxygen atoms in total. The Morgan fingerprint density at radius 3 is 2.33 bits per heavy atom. The van der Waals surface area contributed by atoms with Crippen molar-refractivity contribution in [2.24, 2.45) is 10.9 Å². The first-order valence-corrected chi connectivity index (χ1v) is 14.0. The topological polar surface area (TPSA) is 103 Å². The third kappa shape index (κ3) is 6.56. The van der Waals surface area contributed by atoms with Crippen molar-refractivity contribution >= 4 is 69.9 Å². The van der Waals surface area contributed by atoms with Gasteiger partial charge in [-0.25, -0.2) is 0 Å². The fourth-order valence-corrected chi connectivity index (χ4v) is 4.89. The van der Waals surface area contributed by atoms with Crippen molar-refractivity contribution in [3.63, 3.8) is 0 Å². The number of carbonyl (C=O) groups is 3. The van der Waals surface area contributed by atoms with Crippen LogP contribution in [0.15, 0.2) is 108 Å². The lowest BCUT2D eigenvalue weighted by molar-refractivity contribution is -0.140. The first-order valence-electron chi connectivity index (χ1n) is 13.2. The van der Waals surface area contributed by atoms with Crippen LogP contribution in [-0.4, -0.2) is 47.7 Å². The van der Waals surface area contributed by atoms with E-state index in [1.807, 2.05) is 48.5 Å². The molecule has 1 unspecified atom stereocenters. The summed E-state index contributed by atoms with van der Waals surface area (Å²) in [4.78, 5) is 46.3.